The molecular formula is C15H23N3O2S. The van der Waals surface area contributed by atoms with Gasteiger partial charge in [-0.05, 0) is 45.4 Å². The highest BCUT2D eigenvalue weighted by atomic mass is 32.2. The van der Waals surface area contributed by atoms with Crippen LogP contribution < -0.4 is 10.9 Å². The highest BCUT2D eigenvalue weighted by Crippen LogP contribution is 2.24. The Hall–Kier alpha value is -1.30. The number of rotatable bonds is 4. The molecule has 1 heterocycles. The van der Waals surface area contributed by atoms with E-state index in [-0.39, 0.29) is 16.7 Å². The predicted molar refractivity (Wildman–Crippen MR) is 84.5 cm³/mol. The van der Waals surface area contributed by atoms with Gasteiger partial charge in [0.1, 0.15) is 0 Å². The van der Waals surface area contributed by atoms with Crippen LogP contribution in [0.25, 0.3) is 0 Å². The number of hydrogen-bond donors (Lipinski definition) is 2. The summed E-state index contributed by atoms with van der Waals surface area (Å²) in [4.78, 5) is 30.6. The van der Waals surface area contributed by atoms with E-state index in [9.17, 15) is 9.59 Å². The molecule has 0 unspecified atom stereocenters. The van der Waals surface area contributed by atoms with Crippen molar-refractivity contribution >= 4 is 17.7 Å². The number of nitrogens with zero attached hydrogens (tertiary/aromatic N) is 1. The second-order valence-corrected chi connectivity index (χ2v) is 7.26. The third kappa shape index (κ3) is 4.59. The minimum absolute atomic E-state index is 0.0165. The fourth-order valence-corrected chi connectivity index (χ4v) is 3.22. The number of hydrogen-bond acceptors (Lipinski definition) is 4. The molecule has 1 aromatic rings. The maximum Gasteiger partial charge on any atom is 0.254 e. The van der Waals surface area contributed by atoms with Gasteiger partial charge in [0.05, 0.1) is 5.25 Å². The molecule has 1 aliphatic rings. The highest BCUT2D eigenvalue weighted by Gasteiger charge is 2.23. The first-order chi connectivity index (χ1) is 9.95. The molecule has 1 fully saturated rings. The molecule has 116 valence electrons. The van der Waals surface area contributed by atoms with E-state index in [0.717, 1.165) is 18.8 Å². The van der Waals surface area contributed by atoms with E-state index in [0.29, 0.717) is 16.8 Å². The summed E-state index contributed by atoms with van der Waals surface area (Å²) in [6.45, 7) is 5.81. The zero-order chi connectivity index (χ0) is 15.4. The molecule has 1 amide bonds. The number of aromatic amines is 1. The summed E-state index contributed by atoms with van der Waals surface area (Å²) in [5.41, 5.74) is 0.425. The Morgan fingerprint density at radius 1 is 1.43 bits per heavy atom. The number of aryl methyl sites for hydroxylation is 1. The molecule has 1 aromatic heterocycles. The SMILES string of the molecule is Cc1cnc(S[C@H](C)C(=O)NC2CCC(C)CC2)[nH]c1=O. The van der Waals surface area contributed by atoms with E-state index in [1.807, 2.05) is 6.92 Å². The largest absolute Gasteiger partial charge is 0.352 e. The average molecular weight is 309 g/mol. The van der Waals surface area contributed by atoms with Crippen molar-refractivity contribution in [1.82, 2.24) is 15.3 Å². The zero-order valence-electron chi connectivity index (χ0n) is 12.8. The maximum absolute atomic E-state index is 12.2. The summed E-state index contributed by atoms with van der Waals surface area (Å²) in [6.07, 6.45) is 6.01. The lowest BCUT2D eigenvalue weighted by molar-refractivity contribution is -0.121. The number of aromatic nitrogens is 2. The topological polar surface area (TPSA) is 74.8 Å². The lowest BCUT2D eigenvalue weighted by Gasteiger charge is -2.27. The molecule has 0 radical (unpaired) electrons. The van der Waals surface area contributed by atoms with Gasteiger partial charge in [-0.25, -0.2) is 4.98 Å². The van der Waals surface area contributed by atoms with Gasteiger partial charge in [-0.2, -0.15) is 0 Å². The second-order valence-electron chi connectivity index (χ2n) is 5.93. The Labute approximate surface area is 129 Å². The molecule has 5 nitrogen and oxygen atoms in total. The standard InChI is InChI=1S/C15H23N3O2S/c1-9-4-6-12(7-5-9)17-14(20)11(3)21-15-16-8-10(2)13(19)18-15/h8-9,11-12H,4-7H2,1-3H3,(H,17,20)(H,16,18,19)/t9?,11-,12?/m1/s1. The van der Waals surface area contributed by atoms with E-state index in [1.54, 1.807) is 6.92 Å². The van der Waals surface area contributed by atoms with Crippen LogP contribution in [-0.2, 0) is 4.79 Å². The van der Waals surface area contributed by atoms with Gasteiger partial charge in [-0.1, -0.05) is 18.7 Å². The molecule has 21 heavy (non-hydrogen) atoms. The normalized spacial score (nSPS) is 23.6. The monoisotopic (exact) mass is 309 g/mol. The van der Waals surface area contributed by atoms with E-state index in [1.165, 1.54) is 30.8 Å². The lowest BCUT2D eigenvalue weighted by atomic mass is 9.87. The predicted octanol–water partition coefficient (Wildman–Crippen LogP) is 2.25. The van der Waals surface area contributed by atoms with Crippen LogP contribution in [0.2, 0.25) is 0 Å². The minimum Gasteiger partial charge on any atom is -0.352 e. The molecule has 6 heteroatoms. The van der Waals surface area contributed by atoms with Crippen molar-refractivity contribution in [2.75, 3.05) is 0 Å². The molecular weight excluding hydrogens is 286 g/mol. The first-order valence-corrected chi connectivity index (χ1v) is 8.36. The lowest BCUT2D eigenvalue weighted by Crippen LogP contribution is -2.41. The third-order valence-corrected chi connectivity index (χ3v) is 4.97. The van der Waals surface area contributed by atoms with Crippen LogP contribution in [0.4, 0.5) is 0 Å². The molecule has 1 atom stereocenters. The molecule has 0 spiro atoms. The Kier molecular flexibility index (Phi) is 5.45. The molecule has 0 saturated heterocycles. The van der Waals surface area contributed by atoms with Gasteiger partial charge in [0.15, 0.2) is 5.16 Å². The molecule has 2 rings (SSSR count). The molecule has 1 saturated carbocycles. The van der Waals surface area contributed by atoms with Gasteiger partial charge in [0.2, 0.25) is 5.91 Å². The fourth-order valence-electron chi connectivity index (χ4n) is 2.45. The van der Waals surface area contributed by atoms with Gasteiger partial charge in [0, 0.05) is 17.8 Å². The summed E-state index contributed by atoms with van der Waals surface area (Å²) in [6, 6.07) is 0.293. The van der Waals surface area contributed by atoms with Crippen LogP contribution in [0.1, 0.15) is 45.1 Å². The van der Waals surface area contributed by atoms with Crippen molar-refractivity contribution in [3.63, 3.8) is 0 Å². The summed E-state index contributed by atoms with van der Waals surface area (Å²) < 4.78 is 0. The number of H-pyrrole nitrogens is 1. The minimum atomic E-state index is -0.268. The van der Waals surface area contributed by atoms with Crippen LogP contribution in [0.5, 0.6) is 0 Å². The van der Waals surface area contributed by atoms with Crippen molar-refractivity contribution in [3.05, 3.63) is 22.1 Å². The van der Waals surface area contributed by atoms with Crippen molar-refractivity contribution in [3.8, 4) is 0 Å². The van der Waals surface area contributed by atoms with Crippen LogP contribution in [-0.4, -0.2) is 27.2 Å². The Balaban J connectivity index is 1.87. The first-order valence-electron chi connectivity index (χ1n) is 7.48. The number of nitrogens with one attached hydrogen (secondary N) is 2. The van der Waals surface area contributed by atoms with Crippen LogP contribution in [0.15, 0.2) is 16.1 Å². The number of carbonyl (C=O) groups excluding carboxylic acids is 1. The van der Waals surface area contributed by atoms with Crippen molar-refractivity contribution in [1.29, 1.82) is 0 Å². The number of carbonyl (C=O) groups is 1. The van der Waals surface area contributed by atoms with Crippen molar-refractivity contribution in [2.24, 2.45) is 5.92 Å². The number of amides is 1. The van der Waals surface area contributed by atoms with Gasteiger partial charge in [0.25, 0.3) is 5.56 Å². The Morgan fingerprint density at radius 3 is 2.71 bits per heavy atom. The van der Waals surface area contributed by atoms with Gasteiger partial charge in [-0.3, -0.25) is 9.59 Å². The van der Waals surface area contributed by atoms with E-state index in [2.05, 4.69) is 22.2 Å². The van der Waals surface area contributed by atoms with Crippen LogP contribution in [0, 0.1) is 12.8 Å². The van der Waals surface area contributed by atoms with Crippen molar-refractivity contribution < 1.29 is 4.79 Å². The smallest absolute Gasteiger partial charge is 0.254 e. The maximum atomic E-state index is 12.2. The summed E-state index contributed by atoms with van der Waals surface area (Å²) in [5, 5.41) is 3.33. The first kappa shape index (κ1) is 16.1. The molecule has 0 aromatic carbocycles. The van der Waals surface area contributed by atoms with Gasteiger partial charge >= 0.3 is 0 Å². The quantitative estimate of drug-likeness (QED) is 0.661. The molecule has 0 bridgehead atoms. The van der Waals surface area contributed by atoms with Gasteiger partial charge in [-0.15, -0.1) is 0 Å². The fraction of sp³-hybridized carbons (Fsp3) is 0.667. The molecule has 1 aliphatic carbocycles. The van der Waals surface area contributed by atoms with Crippen molar-refractivity contribution in [2.45, 2.75) is 62.9 Å². The van der Waals surface area contributed by atoms with E-state index in [4.69, 9.17) is 0 Å². The van der Waals surface area contributed by atoms with Gasteiger partial charge < -0.3 is 10.3 Å². The van der Waals surface area contributed by atoms with E-state index >= 15 is 0 Å². The summed E-state index contributed by atoms with van der Waals surface area (Å²) in [7, 11) is 0. The summed E-state index contributed by atoms with van der Waals surface area (Å²) >= 11 is 1.28. The van der Waals surface area contributed by atoms with Crippen LogP contribution in [0.3, 0.4) is 0 Å². The Bertz CT molecular complexity index is 550. The zero-order valence-corrected chi connectivity index (χ0v) is 13.6. The Morgan fingerprint density at radius 2 is 2.10 bits per heavy atom. The number of thioether (sulfide) groups is 1. The average Bonchev–Trinajstić information content (AvgIpc) is 2.45. The summed E-state index contributed by atoms with van der Waals surface area (Å²) in [5.74, 6) is 0.787. The molecule has 0 aliphatic heterocycles. The second kappa shape index (κ2) is 7.11. The van der Waals surface area contributed by atoms with E-state index < -0.39 is 0 Å². The highest BCUT2D eigenvalue weighted by molar-refractivity contribution is 8.00. The third-order valence-electron chi connectivity index (χ3n) is 3.97. The van der Waals surface area contributed by atoms with Crippen LogP contribution >= 0.6 is 11.8 Å². The molecule has 2 N–H and O–H groups in total.